The van der Waals surface area contributed by atoms with Crippen LogP contribution in [0.5, 0.6) is 11.5 Å². The molecular weight excluding hydrogens is 491 g/mol. The molecule has 1 fully saturated rings. The molecule has 200 valence electrons. The third-order valence-electron chi connectivity index (χ3n) is 5.73. The molecule has 2 aliphatic heterocycles. The Balaban J connectivity index is 0.00000533. The Bertz CT molecular complexity index is 1240. The van der Waals surface area contributed by atoms with Gasteiger partial charge in [-0.15, -0.1) is 5.70 Å². The van der Waals surface area contributed by atoms with E-state index < -0.39 is 5.91 Å². The fourth-order valence-corrected chi connectivity index (χ4v) is 3.69. The number of morpholine rings is 1. The summed E-state index contributed by atoms with van der Waals surface area (Å²) < 4.78 is 15.9. The van der Waals surface area contributed by atoms with Gasteiger partial charge in [-0.25, -0.2) is 18.7 Å². The van der Waals surface area contributed by atoms with Gasteiger partial charge in [0.05, 0.1) is 38.8 Å². The van der Waals surface area contributed by atoms with Gasteiger partial charge in [-0.2, -0.15) is 5.57 Å². The molecule has 0 radical (unpaired) electrons. The second kappa shape index (κ2) is 15.6. The normalized spacial score (nSPS) is 19.2. The van der Waals surface area contributed by atoms with Gasteiger partial charge in [-0.1, -0.05) is 12.2 Å². The topological polar surface area (TPSA) is 115 Å². The molecule has 2 heterocycles. The van der Waals surface area contributed by atoms with E-state index in [-0.39, 0.29) is 41.7 Å². The molecule has 1 saturated heterocycles. The van der Waals surface area contributed by atoms with E-state index in [2.05, 4.69) is 5.32 Å². The van der Waals surface area contributed by atoms with Gasteiger partial charge in [0.15, 0.2) is 11.5 Å². The minimum absolute atomic E-state index is 0. The molecule has 2 aliphatic rings. The summed E-state index contributed by atoms with van der Waals surface area (Å²) in [7, 11) is 3.14. The predicted molar refractivity (Wildman–Crippen MR) is 146 cm³/mol. The summed E-state index contributed by atoms with van der Waals surface area (Å²) in [5.41, 5.74) is 8.07. The third kappa shape index (κ3) is 9.18. The van der Waals surface area contributed by atoms with Crippen molar-refractivity contribution in [2.45, 2.75) is 12.8 Å². The van der Waals surface area contributed by atoms with Crippen molar-refractivity contribution >= 4 is 23.2 Å². The second-order valence-electron chi connectivity index (χ2n) is 8.39. The fraction of sp³-hybridized carbons (Fsp3) is 0.276. The Morgan fingerprint density at radius 3 is 2.54 bits per heavy atom. The molecule has 2 amide bonds. The van der Waals surface area contributed by atoms with Gasteiger partial charge in [0.25, 0.3) is 5.91 Å². The molecule has 10 heteroatoms. The summed E-state index contributed by atoms with van der Waals surface area (Å²) in [6.07, 6.45) is 11.3. The van der Waals surface area contributed by atoms with Crippen molar-refractivity contribution in [1.82, 2.24) is 10.2 Å². The van der Waals surface area contributed by atoms with E-state index >= 15 is 0 Å². The third-order valence-corrected chi connectivity index (χ3v) is 5.73. The number of carbonyl (C=O) groups excluding carboxylic acids is 2. The van der Waals surface area contributed by atoms with Crippen molar-refractivity contribution < 1.29 is 42.7 Å². The first-order valence-electron chi connectivity index (χ1n) is 12.1. The number of ether oxygens (including phenoxy) is 3. The van der Waals surface area contributed by atoms with Crippen LogP contribution in [-0.4, -0.2) is 62.9 Å². The summed E-state index contributed by atoms with van der Waals surface area (Å²) in [4.78, 5) is 31.3. The van der Waals surface area contributed by atoms with Crippen molar-refractivity contribution in [3.8, 4) is 11.5 Å². The van der Waals surface area contributed by atoms with E-state index in [9.17, 15) is 9.59 Å². The van der Waals surface area contributed by atoms with E-state index in [1.807, 2.05) is 30.4 Å². The smallest absolute Gasteiger partial charge is 0.493 e. The van der Waals surface area contributed by atoms with E-state index in [1.165, 1.54) is 18.2 Å². The molecule has 0 saturated carbocycles. The second-order valence-corrected chi connectivity index (χ2v) is 8.39. The summed E-state index contributed by atoms with van der Waals surface area (Å²) in [6.45, 7) is 13.6. The number of amides is 2. The molecule has 9 nitrogen and oxygen atoms in total. The number of nitrogens with two attached hydrogens (primary N) is 1. The number of nitrogens with zero attached hydrogens (tertiary/aromatic N) is 2. The van der Waals surface area contributed by atoms with Crippen molar-refractivity contribution in [2.24, 2.45) is 10.7 Å². The van der Waals surface area contributed by atoms with Crippen molar-refractivity contribution in [3.05, 3.63) is 90.3 Å². The molecule has 1 aromatic carbocycles. The number of rotatable bonds is 9. The number of hydrogen-bond acceptors (Lipinski definition) is 7. The van der Waals surface area contributed by atoms with Crippen LogP contribution in [0.1, 0.15) is 18.4 Å². The largest absolute Gasteiger partial charge is 1.00 e. The Morgan fingerprint density at radius 1 is 1.13 bits per heavy atom. The Morgan fingerprint density at radius 2 is 1.85 bits per heavy atom. The molecule has 0 aromatic heterocycles. The number of methoxy groups -OCH3 is 2. The molecule has 3 rings (SSSR count). The van der Waals surface area contributed by atoms with E-state index in [0.717, 1.165) is 12.0 Å². The predicted octanol–water partition coefficient (Wildman–Crippen LogP) is -0.110. The maximum Gasteiger partial charge on any atom is 1.00 e. The quantitative estimate of drug-likeness (QED) is 0.202. The Hall–Kier alpha value is -3.77. The van der Waals surface area contributed by atoms with E-state index in [1.54, 1.807) is 25.2 Å². The van der Waals surface area contributed by atoms with Gasteiger partial charge in [0.2, 0.25) is 0 Å². The van der Waals surface area contributed by atoms with Crippen LogP contribution in [0.3, 0.4) is 0 Å². The maximum atomic E-state index is 12.6. The molecule has 1 aromatic rings. The molecule has 0 unspecified atom stereocenters. The van der Waals surface area contributed by atoms with Gasteiger partial charge in [0, 0.05) is 24.4 Å². The molecule has 39 heavy (non-hydrogen) atoms. The summed E-state index contributed by atoms with van der Waals surface area (Å²) in [6, 6.07) is 5.50. The zero-order valence-corrected chi connectivity index (χ0v) is 22.6. The van der Waals surface area contributed by atoms with E-state index in [4.69, 9.17) is 38.1 Å². The number of aliphatic imine (C=N–C) groups is 1. The van der Waals surface area contributed by atoms with Crippen LogP contribution in [0.2, 0.25) is 0 Å². The zero-order chi connectivity index (χ0) is 27.5. The van der Waals surface area contributed by atoms with Crippen LogP contribution in [0.15, 0.2) is 76.6 Å². The van der Waals surface area contributed by atoms with Crippen LogP contribution in [0, 0.1) is 13.2 Å². The van der Waals surface area contributed by atoms with Crippen molar-refractivity contribution in [1.29, 1.82) is 0 Å². The van der Waals surface area contributed by atoms with E-state index in [0.29, 0.717) is 55.6 Å². The van der Waals surface area contributed by atoms with Gasteiger partial charge >= 0.3 is 18.9 Å². The Kier molecular flexibility index (Phi) is 12.6. The summed E-state index contributed by atoms with van der Waals surface area (Å²) in [5, 5.41) is 2.49. The molecular formula is C29H32LiN4O5-. The summed E-state index contributed by atoms with van der Waals surface area (Å²) in [5.74, 6) is 0.252. The van der Waals surface area contributed by atoms with Crippen LogP contribution in [0.4, 0.5) is 0 Å². The standard InChI is InChI=1S/C29H32N4O5.Li/c1-20(29(35)33-14-16-38-17-15-33)10-11-21(2)31-28(34)24(30)19-23-8-6-5-7-9-25(32-23)22-12-13-26(36-3)27(18-22)37-4;/h1-2,5,7,9-13,18-19H,6,8,14-17,30H2,3-4H3,(H,31,34);/q-2;+1/b7-5-,11-10-,24-19-,25-9-,32-23+;. The van der Waals surface area contributed by atoms with Gasteiger partial charge in [-0.3, -0.25) is 16.4 Å². The average molecular weight is 524 g/mol. The average Bonchev–Trinajstić information content (AvgIpc) is 2.92. The Labute approximate surface area is 241 Å². The fourth-order valence-electron chi connectivity index (χ4n) is 3.69. The SMILES string of the molecule is [CH-]=C(/C=C\C(=[CH-])C(=O)N1CCOCC1)NC(=O)/C(N)=C/C1=N/C(c2ccc(OC)c(OC)c2)=C\C=C/CC1.[Li+]. The number of benzene rings is 1. The van der Waals surface area contributed by atoms with Crippen molar-refractivity contribution in [3.63, 3.8) is 0 Å². The molecule has 0 spiro atoms. The first-order chi connectivity index (χ1) is 18.3. The monoisotopic (exact) mass is 523 g/mol. The maximum absolute atomic E-state index is 12.6. The van der Waals surface area contributed by atoms with Gasteiger partial charge < -0.3 is 35.0 Å². The van der Waals surface area contributed by atoms with Crippen LogP contribution < -0.4 is 39.4 Å². The zero-order valence-electron chi connectivity index (χ0n) is 22.6. The number of allylic oxidation sites excluding steroid dienone is 5. The van der Waals surface area contributed by atoms with Gasteiger partial charge in [-0.05, 0) is 43.2 Å². The number of carbonyl (C=O) groups is 2. The van der Waals surface area contributed by atoms with Crippen LogP contribution in [-0.2, 0) is 14.3 Å². The van der Waals surface area contributed by atoms with Crippen molar-refractivity contribution in [2.75, 3.05) is 40.5 Å². The minimum Gasteiger partial charge on any atom is -0.493 e. The number of nitrogens with one attached hydrogen (secondary N) is 1. The first-order valence-corrected chi connectivity index (χ1v) is 12.1. The first kappa shape index (κ1) is 31.4. The molecule has 3 N–H and O–H groups in total. The van der Waals surface area contributed by atoms with Crippen LogP contribution in [0.25, 0.3) is 5.70 Å². The minimum atomic E-state index is -0.609. The van der Waals surface area contributed by atoms with Crippen LogP contribution >= 0.6 is 0 Å². The molecule has 0 aliphatic carbocycles. The summed E-state index contributed by atoms with van der Waals surface area (Å²) >= 11 is 0. The molecule has 0 atom stereocenters. The molecule has 0 bridgehead atoms. The van der Waals surface area contributed by atoms with Gasteiger partial charge in [0.1, 0.15) is 5.91 Å². The number of hydrogen-bond donors (Lipinski definition) is 2.